The van der Waals surface area contributed by atoms with Crippen LogP contribution < -0.4 is 0 Å². The van der Waals surface area contributed by atoms with Gasteiger partial charge in [-0.2, -0.15) is 13.2 Å². The molecular weight excluding hydrogens is 349 g/mol. The fourth-order valence-electron chi connectivity index (χ4n) is 2.33. The molecule has 0 saturated heterocycles. The van der Waals surface area contributed by atoms with Gasteiger partial charge in [0.25, 0.3) is 0 Å². The molecule has 0 heterocycles. The van der Waals surface area contributed by atoms with Gasteiger partial charge in [0.1, 0.15) is 0 Å². The average molecular weight is 359 g/mol. The van der Waals surface area contributed by atoms with Crippen molar-refractivity contribution in [1.82, 2.24) is 0 Å². The molecule has 0 saturated carbocycles. The lowest BCUT2D eigenvalue weighted by Crippen LogP contribution is -2.09. The Morgan fingerprint density at radius 1 is 0.958 bits per heavy atom. The van der Waals surface area contributed by atoms with Crippen molar-refractivity contribution in [3.63, 3.8) is 0 Å². The zero-order chi connectivity index (χ0) is 18.2. The Labute approximate surface area is 139 Å². The molecule has 2 aromatic carbocycles. The van der Waals surface area contributed by atoms with Gasteiger partial charge in [0, 0.05) is 10.6 Å². The Kier molecular flexibility index (Phi) is 4.57. The average Bonchev–Trinajstić information content (AvgIpc) is 2.44. The number of aryl methyl sites for hydroxylation is 1. The van der Waals surface area contributed by atoms with E-state index in [0.717, 1.165) is 6.07 Å². The predicted molar refractivity (Wildman–Crippen MR) is 80.5 cm³/mol. The SMILES string of the molecule is Cc1cc(C(=O)O)c(-c2cc(Cl)cc(C(F)(F)F)c2)c(C(=O)O)c1. The Bertz CT molecular complexity index is 809. The zero-order valence-electron chi connectivity index (χ0n) is 12.1. The normalized spacial score (nSPS) is 11.4. The number of halogens is 4. The van der Waals surface area contributed by atoms with Crippen LogP contribution in [0.2, 0.25) is 5.02 Å². The predicted octanol–water partition coefficient (Wildman–Crippen LogP) is 4.73. The summed E-state index contributed by atoms with van der Waals surface area (Å²) in [5.74, 6) is -2.91. The molecule has 126 valence electrons. The molecule has 2 N–H and O–H groups in total. The molecule has 2 rings (SSSR count). The quantitative estimate of drug-likeness (QED) is 0.831. The summed E-state index contributed by atoms with van der Waals surface area (Å²) in [7, 11) is 0. The van der Waals surface area contributed by atoms with Crippen molar-refractivity contribution < 1.29 is 33.0 Å². The summed E-state index contributed by atoms with van der Waals surface area (Å²) in [6.07, 6.45) is -4.71. The van der Waals surface area contributed by atoms with E-state index in [1.807, 2.05) is 0 Å². The Morgan fingerprint density at radius 2 is 1.46 bits per heavy atom. The molecule has 0 spiro atoms. The van der Waals surface area contributed by atoms with Crippen LogP contribution in [-0.2, 0) is 6.18 Å². The number of rotatable bonds is 3. The molecule has 0 bridgehead atoms. The highest BCUT2D eigenvalue weighted by Crippen LogP contribution is 2.37. The van der Waals surface area contributed by atoms with E-state index >= 15 is 0 Å². The van der Waals surface area contributed by atoms with Crippen molar-refractivity contribution >= 4 is 23.5 Å². The van der Waals surface area contributed by atoms with Gasteiger partial charge in [0.05, 0.1) is 16.7 Å². The number of hydrogen-bond donors (Lipinski definition) is 2. The van der Waals surface area contributed by atoms with Gasteiger partial charge in [-0.1, -0.05) is 11.6 Å². The first-order valence-electron chi connectivity index (χ1n) is 6.50. The van der Waals surface area contributed by atoms with Crippen molar-refractivity contribution in [3.05, 3.63) is 57.6 Å². The first-order valence-corrected chi connectivity index (χ1v) is 6.88. The second-order valence-electron chi connectivity index (χ2n) is 5.07. The number of hydrogen-bond acceptors (Lipinski definition) is 2. The van der Waals surface area contributed by atoms with Crippen LogP contribution in [0.1, 0.15) is 31.8 Å². The maximum atomic E-state index is 13.0. The number of benzene rings is 2. The maximum absolute atomic E-state index is 13.0. The minimum atomic E-state index is -4.71. The second-order valence-corrected chi connectivity index (χ2v) is 5.51. The second kappa shape index (κ2) is 6.16. The van der Waals surface area contributed by atoms with Crippen molar-refractivity contribution in [3.8, 4) is 11.1 Å². The van der Waals surface area contributed by atoms with Crippen LogP contribution in [0.15, 0.2) is 30.3 Å². The highest BCUT2D eigenvalue weighted by molar-refractivity contribution is 6.31. The molecule has 0 aliphatic heterocycles. The topological polar surface area (TPSA) is 74.6 Å². The molecule has 0 atom stereocenters. The van der Waals surface area contributed by atoms with E-state index in [9.17, 15) is 33.0 Å². The summed E-state index contributed by atoms with van der Waals surface area (Å²) >= 11 is 5.71. The van der Waals surface area contributed by atoms with E-state index in [2.05, 4.69) is 0 Å². The number of carboxylic acid groups (broad SMARTS) is 2. The number of aromatic carboxylic acids is 2. The molecule has 0 amide bonds. The van der Waals surface area contributed by atoms with Crippen LogP contribution in [0.3, 0.4) is 0 Å². The first kappa shape index (κ1) is 17.8. The fourth-order valence-corrected chi connectivity index (χ4v) is 2.57. The molecule has 0 unspecified atom stereocenters. The van der Waals surface area contributed by atoms with E-state index in [0.29, 0.717) is 17.7 Å². The maximum Gasteiger partial charge on any atom is 0.416 e. The molecule has 2 aromatic rings. The molecular formula is C16H10ClF3O4. The van der Waals surface area contributed by atoms with Crippen LogP contribution in [-0.4, -0.2) is 22.2 Å². The van der Waals surface area contributed by atoms with Crippen LogP contribution in [0.25, 0.3) is 11.1 Å². The zero-order valence-corrected chi connectivity index (χ0v) is 12.9. The molecule has 0 aromatic heterocycles. The summed E-state index contributed by atoms with van der Waals surface area (Å²) in [6.45, 7) is 1.49. The van der Waals surface area contributed by atoms with Gasteiger partial charge in [0.2, 0.25) is 0 Å². The highest BCUT2D eigenvalue weighted by atomic mass is 35.5. The van der Waals surface area contributed by atoms with E-state index in [-0.39, 0.29) is 16.1 Å². The Morgan fingerprint density at radius 3 is 1.88 bits per heavy atom. The third-order valence-electron chi connectivity index (χ3n) is 3.26. The summed E-state index contributed by atoms with van der Waals surface area (Å²) in [4.78, 5) is 22.9. The third-order valence-corrected chi connectivity index (χ3v) is 3.48. The van der Waals surface area contributed by atoms with E-state index in [1.165, 1.54) is 19.1 Å². The smallest absolute Gasteiger partial charge is 0.416 e. The number of carbonyl (C=O) groups is 2. The van der Waals surface area contributed by atoms with Crippen molar-refractivity contribution in [2.75, 3.05) is 0 Å². The third kappa shape index (κ3) is 3.51. The van der Waals surface area contributed by atoms with Crippen molar-refractivity contribution in [2.24, 2.45) is 0 Å². The molecule has 0 fully saturated rings. The van der Waals surface area contributed by atoms with Gasteiger partial charge in [-0.3, -0.25) is 0 Å². The monoisotopic (exact) mass is 358 g/mol. The highest BCUT2D eigenvalue weighted by Gasteiger charge is 2.32. The summed E-state index contributed by atoms with van der Waals surface area (Å²) < 4.78 is 38.9. The Balaban J connectivity index is 2.88. The largest absolute Gasteiger partial charge is 0.478 e. The molecule has 0 aliphatic rings. The van der Waals surface area contributed by atoms with Gasteiger partial charge < -0.3 is 10.2 Å². The lowest BCUT2D eigenvalue weighted by Gasteiger charge is -2.15. The number of alkyl halides is 3. The van der Waals surface area contributed by atoms with Crippen LogP contribution >= 0.6 is 11.6 Å². The van der Waals surface area contributed by atoms with Gasteiger partial charge in [-0.05, 0) is 48.4 Å². The molecule has 8 heteroatoms. The minimum Gasteiger partial charge on any atom is -0.478 e. The van der Waals surface area contributed by atoms with Crippen LogP contribution in [0.4, 0.5) is 13.2 Å². The standard InChI is InChI=1S/C16H10ClF3O4/c1-7-2-11(14(21)22)13(12(3-7)15(23)24)8-4-9(16(18,19)20)6-10(17)5-8/h2-6H,1H3,(H,21,22)(H,23,24). The van der Waals surface area contributed by atoms with Crippen LogP contribution in [0.5, 0.6) is 0 Å². The first-order chi connectivity index (χ1) is 11.0. The lowest BCUT2D eigenvalue weighted by molar-refractivity contribution is -0.137. The number of carboxylic acids is 2. The molecule has 0 radical (unpaired) electrons. The molecule has 4 nitrogen and oxygen atoms in total. The summed E-state index contributed by atoms with van der Waals surface area (Å²) in [6, 6.07) is 4.84. The van der Waals surface area contributed by atoms with Crippen molar-refractivity contribution in [1.29, 1.82) is 0 Å². The Hall–Kier alpha value is -2.54. The van der Waals surface area contributed by atoms with Gasteiger partial charge in [-0.25, -0.2) is 9.59 Å². The van der Waals surface area contributed by atoms with E-state index < -0.39 is 34.8 Å². The molecule has 24 heavy (non-hydrogen) atoms. The lowest BCUT2D eigenvalue weighted by atomic mass is 9.91. The van der Waals surface area contributed by atoms with Gasteiger partial charge in [-0.15, -0.1) is 0 Å². The fraction of sp³-hybridized carbons (Fsp3) is 0.125. The van der Waals surface area contributed by atoms with Crippen molar-refractivity contribution in [2.45, 2.75) is 13.1 Å². The minimum absolute atomic E-state index is 0.232. The van der Waals surface area contributed by atoms with Crippen LogP contribution in [0, 0.1) is 6.92 Å². The summed E-state index contributed by atoms with van der Waals surface area (Å²) in [5.41, 5.74) is -2.13. The van der Waals surface area contributed by atoms with Gasteiger partial charge in [0.15, 0.2) is 0 Å². The van der Waals surface area contributed by atoms with E-state index in [1.54, 1.807) is 0 Å². The van der Waals surface area contributed by atoms with Gasteiger partial charge >= 0.3 is 18.1 Å². The van der Waals surface area contributed by atoms with E-state index in [4.69, 9.17) is 11.6 Å². The summed E-state index contributed by atoms with van der Waals surface area (Å²) in [5, 5.41) is 18.3. The molecule has 0 aliphatic carbocycles.